The van der Waals surface area contributed by atoms with Crippen molar-refractivity contribution in [1.82, 2.24) is 0 Å². The number of carbonyl (C=O) groups excluding carboxylic acids is 2. The summed E-state index contributed by atoms with van der Waals surface area (Å²) in [6.07, 6.45) is 7.72. The fraction of sp³-hybridized carbons (Fsp3) is 0.714. The molecule has 6 atom stereocenters. The van der Waals surface area contributed by atoms with Crippen LogP contribution in [0.15, 0.2) is 18.2 Å². The number of Topliss-reactive ketones (excluding diaryl/α,β-unsaturated/α-hetero) is 2. The topological polar surface area (TPSA) is 77.5 Å². The second-order valence-corrected chi connectivity index (χ2v) is 14.2. The molecule has 5 aliphatic carbocycles. The number of hydrogen-bond donors (Lipinski definition) is 0. The van der Waals surface area contributed by atoms with Gasteiger partial charge in [0.25, 0.3) is 0 Å². The fourth-order valence-electron chi connectivity index (χ4n) is 8.97. The molecule has 0 aromatic heterocycles. The summed E-state index contributed by atoms with van der Waals surface area (Å²) in [6, 6.07) is 5.77. The van der Waals surface area contributed by atoms with Crippen LogP contribution in [0.1, 0.15) is 89.2 Å². The van der Waals surface area contributed by atoms with Crippen molar-refractivity contribution < 1.29 is 22.2 Å². The van der Waals surface area contributed by atoms with Crippen molar-refractivity contribution in [2.45, 2.75) is 84.5 Å². The van der Waals surface area contributed by atoms with Crippen LogP contribution in [0.5, 0.6) is 5.75 Å². The van der Waals surface area contributed by atoms with E-state index in [1.54, 1.807) is 6.07 Å². The first-order valence-corrected chi connectivity index (χ1v) is 14.7. The van der Waals surface area contributed by atoms with Crippen LogP contribution in [-0.4, -0.2) is 25.7 Å². The van der Waals surface area contributed by atoms with Crippen molar-refractivity contribution in [2.75, 3.05) is 5.75 Å². The Bertz CT molecular complexity index is 1180. The van der Waals surface area contributed by atoms with Crippen molar-refractivity contribution >= 4 is 21.7 Å². The molecule has 1 aromatic carbocycles. The first-order chi connectivity index (χ1) is 16.0. The van der Waals surface area contributed by atoms with Gasteiger partial charge in [-0.05, 0) is 97.3 Å². The van der Waals surface area contributed by atoms with Crippen LogP contribution in [0, 0.1) is 34.0 Å². The molecule has 0 unspecified atom stereocenters. The second kappa shape index (κ2) is 7.18. The first-order valence-electron chi connectivity index (χ1n) is 13.1. The van der Waals surface area contributed by atoms with Gasteiger partial charge >= 0.3 is 10.1 Å². The summed E-state index contributed by atoms with van der Waals surface area (Å²) in [7, 11) is -3.90. The number of carbonyl (C=O) groups is 2. The summed E-state index contributed by atoms with van der Waals surface area (Å²) in [6.45, 7) is 6.28. The summed E-state index contributed by atoms with van der Waals surface area (Å²) >= 11 is 0. The molecule has 5 nitrogen and oxygen atoms in total. The van der Waals surface area contributed by atoms with E-state index in [4.69, 9.17) is 4.18 Å². The lowest BCUT2D eigenvalue weighted by atomic mass is 9.55. The van der Waals surface area contributed by atoms with Crippen molar-refractivity contribution in [3.63, 3.8) is 0 Å². The van der Waals surface area contributed by atoms with Gasteiger partial charge in [-0.1, -0.05) is 26.8 Å². The molecule has 184 valence electrons. The van der Waals surface area contributed by atoms with Crippen LogP contribution in [0.3, 0.4) is 0 Å². The molecule has 4 fully saturated rings. The molecule has 0 heterocycles. The monoisotopic (exact) mass is 484 g/mol. The summed E-state index contributed by atoms with van der Waals surface area (Å²) < 4.78 is 31.9. The summed E-state index contributed by atoms with van der Waals surface area (Å²) in [5.74, 6) is 2.42. The number of aryl methyl sites for hydroxylation is 1. The van der Waals surface area contributed by atoms with Gasteiger partial charge in [-0.3, -0.25) is 9.59 Å². The highest BCUT2D eigenvalue weighted by Gasteiger charge is 2.65. The third-order valence-electron chi connectivity index (χ3n) is 11.2. The molecule has 0 radical (unpaired) electrons. The number of ketones is 2. The molecular formula is C28H36O5S. The van der Waals surface area contributed by atoms with Gasteiger partial charge in [0.2, 0.25) is 0 Å². The lowest BCUT2D eigenvalue weighted by molar-refractivity contribution is -0.129. The molecular weight excluding hydrogens is 448 g/mol. The van der Waals surface area contributed by atoms with E-state index in [1.165, 1.54) is 11.1 Å². The highest BCUT2D eigenvalue weighted by atomic mass is 32.2. The minimum Gasteiger partial charge on any atom is -0.382 e. The van der Waals surface area contributed by atoms with E-state index in [-0.39, 0.29) is 28.3 Å². The van der Waals surface area contributed by atoms with Crippen molar-refractivity contribution in [3.8, 4) is 5.75 Å². The van der Waals surface area contributed by atoms with Gasteiger partial charge in [0, 0.05) is 18.3 Å². The Balaban J connectivity index is 1.22. The van der Waals surface area contributed by atoms with E-state index in [9.17, 15) is 18.0 Å². The molecule has 0 N–H and O–H groups in total. The van der Waals surface area contributed by atoms with Gasteiger partial charge < -0.3 is 4.18 Å². The smallest absolute Gasteiger partial charge is 0.310 e. The molecule has 0 spiro atoms. The van der Waals surface area contributed by atoms with Gasteiger partial charge in [0.1, 0.15) is 17.3 Å². The van der Waals surface area contributed by atoms with Crippen LogP contribution in [-0.2, 0) is 26.1 Å². The van der Waals surface area contributed by atoms with Gasteiger partial charge in [-0.25, -0.2) is 0 Å². The zero-order valence-electron chi connectivity index (χ0n) is 20.6. The highest BCUT2D eigenvalue weighted by molar-refractivity contribution is 7.87. The average molecular weight is 485 g/mol. The predicted molar refractivity (Wildman–Crippen MR) is 129 cm³/mol. The van der Waals surface area contributed by atoms with Crippen LogP contribution in [0.4, 0.5) is 0 Å². The predicted octanol–water partition coefficient (Wildman–Crippen LogP) is 5.22. The molecule has 2 bridgehead atoms. The molecule has 0 saturated heterocycles. The van der Waals surface area contributed by atoms with Gasteiger partial charge in [0.15, 0.2) is 0 Å². The van der Waals surface area contributed by atoms with Crippen LogP contribution in [0.2, 0.25) is 0 Å². The number of hydrogen-bond acceptors (Lipinski definition) is 5. The number of fused-ring (bicyclic) bond motifs is 7. The Kier molecular flexibility index (Phi) is 4.80. The third-order valence-corrected chi connectivity index (χ3v) is 12.5. The Morgan fingerprint density at radius 1 is 0.971 bits per heavy atom. The van der Waals surface area contributed by atoms with Gasteiger partial charge in [-0.2, -0.15) is 8.42 Å². The number of benzene rings is 1. The van der Waals surface area contributed by atoms with Crippen molar-refractivity contribution in [2.24, 2.45) is 34.0 Å². The summed E-state index contributed by atoms with van der Waals surface area (Å²) in [5, 5.41) is 0. The maximum Gasteiger partial charge on any atom is 0.310 e. The minimum atomic E-state index is -3.90. The summed E-state index contributed by atoms with van der Waals surface area (Å²) in [5.41, 5.74) is 1.23. The van der Waals surface area contributed by atoms with E-state index in [0.29, 0.717) is 42.1 Å². The normalized spacial score (nSPS) is 40.1. The maximum absolute atomic E-state index is 13.2. The largest absolute Gasteiger partial charge is 0.382 e. The highest BCUT2D eigenvalue weighted by Crippen LogP contribution is 2.64. The molecule has 4 saturated carbocycles. The van der Waals surface area contributed by atoms with Crippen LogP contribution >= 0.6 is 0 Å². The molecule has 6 rings (SSSR count). The van der Waals surface area contributed by atoms with E-state index >= 15 is 0 Å². The van der Waals surface area contributed by atoms with E-state index < -0.39 is 15.5 Å². The van der Waals surface area contributed by atoms with Gasteiger partial charge in [0.05, 0.1) is 11.2 Å². The maximum atomic E-state index is 13.2. The molecule has 0 aliphatic heterocycles. The standard InChI is InChI=1S/C28H36O5S/c1-26(2)18-10-13-28(26,25(30)15-18)16-34(31,32)33-19-5-7-20-17(14-19)4-6-22-21(20)11-12-27(3)23(22)8-9-24(27)29/h5,7,14,18,21-23H,4,6,8-13,15-16H2,1-3H3/t18-,21+,22+,23-,27-,28-/m0/s1. The van der Waals surface area contributed by atoms with Crippen molar-refractivity contribution in [3.05, 3.63) is 29.3 Å². The van der Waals surface area contributed by atoms with E-state index in [1.807, 2.05) is 19.9 Å². The van der Waals surface area contributed by atoms with E-state index in [2.05, 4.69) is 13.0 Å². The zero-order chi connectivity index (χ0) is 24.1. The lowest BCUT2D eigenvalue weighted by Gasteiger charge is -2.48. The first kappa shape index (κ1) is 22.8. The fourth-order valence-corrected chi connectivity index (χ4v) is 10.7. The lowest BCUT2D eigenvalue weighted by Crippen LogP contribution is -2.43. The quantitative estimate of drug-likeness (QED) is 0.548. The molecule has 0 amide bonds. The Morgan fingerprint density at radius 2 is 1.76 bits per heavy atom. The zero-order valence-corrected chi connectivity index (χ0v) is 21.4. The summed E-state index contributed by atoms with van der Waals surface area (Å²) in [4.78, 5) is 25.4. The molecule has 1 aromatic rings. The van der Waals surface area contributed by atoms with Crippen LogP contribution < -0.4 is 4.18 Å². The minimum absolute atomic E-state index is 0.0899. The Labute approximate surface area is 203 Å². The SMILES string of the molecule is CC1(C)[C@H]2CC[C@]1(CS(=O)(=O)Oc1ccc3c(c1)CC[C@@H]1[C@@H]3CC[C@]3(C)C(=O)CC[C@@H]13)C(=O)C2. The number of rotatable bonds is 4. The molecule has 6 heteroatoms. The second-order valence-electron chi connectivity index (χ2n) is 12.6. The average Bonchev–Trinajstić information content (AvgIpc) is 3.27. The molecule has 5 aliphatic rings. The Hall–Kier alpha value is -1.69. The third kappa shape index (κ3) is 2.99. The Morgan fingerprint density at radius 3 is 2.47 bits per heavy atom. The van der Waals surface area contributed by atoms with Gasteiger partial charge in [-0.15, -0.1) is 0 Å². The van der Waals surface area contributed by atoms with Crippen molar-refractivity contribution in [1.29, 1.82) is 0 Å². The van der Waals surface area contributed by atoms with E-state index in [0.717, 1.165) is 44.9 Å². The molecule has 34 heavy (non-hydrogen) atoms. The van der Waals surface area contributed by atoms with Crippen LogP contribution in [0.25, 0.3) is 0 Å².